The first-order valence-electron chi connectivity index (χ1n) is 4.98. The van der Waals surface area contributed by atoms with Crippen LogP contribution in [0.3, 0.4) is 0 Å². The lowest BCUT2D eigenvalue weighted by Gasteiger charge is -2.18. The van der Waals surface area contributed by atoms with Gasteiger partial charge in [-0.05, 0) is 32.0 Å². The van der Waals surface area contributed by atoms with Gasteiger partial charge in [0.25, 0.3) is 0 Å². The minimum atomic E-state index is -4.47. The van der Waals surface area contributed by atoms with Crippen LogP contribution in [0, 0.1) is 0 Å². The summed E-state index contributed by atoms with van der Waals surface area (Å²) in [5.41, 5.74) is 3.57. The van der Waals surface area contributed by atoms with Crippen LogP contribution in [0.25, 0.3) is 0 Å². The first-order chi connectivity index (χ1) is 8.00. The van der Waals surface area contributed by atoms with E-state index in [1.54, 1.807) is 0 Å². The van der Waals surface area contributed by atoms with E-state index in [0.29, 0.717) is 0 Å². The molecule has 0 saturated carbocycles. The van der Waals surface area contributed by atoms with Crippen LogP contribution in [-0.2, 0) is 11.0 Å². The first-order valence-corrected chi connectivity index (χ1v) is 5.77. The summed E-state index contributed by atoms with van der Waals surface area (Å²) in [6, 6.07) is 3.16. The Labute approximate surface area is 111 Å². The summed E-state index contributed by atoms with van der Waals surface area (Å²) in [6.07, 6.45) is -4.47. The van der Waals surface area contributed by atoms with Crippen LogP contribution < -0.4 is 11.1 Å². The number of hydrogen-bond donors (Lipinski definition) is 2. The molecule has 18 heavy (non-hydrogen) atoms. The van der Waals surface area contributed by atoms with Gasteiger partial charge >= 0.3 is 6.18 Å². The number of alkyl halides is 3. The fourth-order valence-electron chi connectivity index (χ4n) is 1.12. The Bertz CT molecular complexity index is 466. The maximum atomic E-state index is 12.6. The largest absolute Gasteiger partial charge is 0.416 e. The third-order valence-electron chi connectivity index (χ3n) is 2.07. The van der Waals surface area contributed by atoms with Crippen molar-refractivity contribution >= 4 is 27.5 Å². The van der Waals surface area contributed by atoms with Crippen LogP contribution in [0.2, 0.25) is 0 Å². The molecule has 0 heterocycles. The molecule has 3 N–H and O–H groups in total. The Morgan fingerprint density at radius 1 is 1.28 bits per heavy atom. The summed E-state index contributed by atoms with van der Waals surface area (Å²) in [5.74, 6) is -0.561. The Hall–Kier alpha value is -1.08. The van der Waals surface area contributed by atoms with Gasteiger partial charge in [0.05, 0.1) is 11.1 Å². The van der Waals surface area contributed by atoms with E-state index in [2.05, 4.69) is 21.2 Å². The monoisotopic (exact) mass is 324 g/mol. The second-order valence-electron chi connectivity index (χ2n) is 4.40. The molecule has 1 aromatic carbocycles. The summed E-state index contributed by atoms with van der Waals surface area (Å²) >= 11 is 2.96. The van der Waals surface area contributed by atoms with Gasteiger partial charge in [0.1, 0.15) is 0 Å². The number of benzene rings is 1. The highest BCUT2D eigenvalue weighted by molar-refractivity contribution is 9.10. The van der Waals surface area contributed by atoms with E-state index in [1.165, 1.54) is 19.9 Å². The molecule has 0 aliphatic heterocycles. The summed E-state index contributed by atoms with van der Waals surface area (Å²) in [5, 5.41) is 2.34. The van der Waals surface area contributed by atoms with Crippen molar-refractivity contribution in [3.8, 4) is 0 Å². The number of carbonyl (C=O) groups excluding carboxylic acids is 1. The number of nitrogens with two attached hydrogens (primary N) is 1. The predicted molar refractivity (Wildman–Crippen MR) is 66.0 cm³/mol. The molecule has 0 spiro atoms. The molecule has 0 aliphatic rings. The lowest BCUT2D eigenvalue weighted by molar-refractivity contribution is -0.137. The smallest absolute Gasteiger partial charge is 0.324 e. The average molecular weight is 325 g/mol. The molecule has 0 atom stereocenters. The van der Waals surface area contributed by atoms with Crippen molar-refractivity contribution in [3.63, 3.8) is 0 Å². The summed E-state index contributed by atoms with van der Waals surface area (Å²) in [7, 11) is 0. The number of nitrogens with one attached hydrogen (secondary N) is 1. The van der Waals surface area contributed by atoms with Crippen molar-refractivity contribution in [1.29, 1.82) is 0 Å². The molecule has 0 aromatic heterocycles. The minimum Gasteiger partial charge on any atom is -0.324 e. The van der Waals surface area contributed by atoms with Crippen LogP contribution in [-0.4, -0.2) is 11.4 Å². The van der Waals surface area contributed by atoms with E-state index in [-0.39, 0.29) is 10.2 Å². The van der Waals surface area contributed by atoms with E-state index < -0.39 is 23.2 Å². The van der Waals surface area contributed by atoms with Crippen molar-refractivity contribution in [3.05, 3.63) is 28.2 Å². The van der Waals surface area contributed by atoms with Gasteiger partial charge in [0.2, 0.25) is 5.91 Å². The summed E-state index contributed by atoms with van der Waals surface area (Å²) in [6.45, 7) is 2.93. The predicted octanol–water partition coefficient (Wildman–Crippen LogP) is 3.14. The minimum absolute atomic E-state index is 0.0419. The highest BCUT2D eigenvalue weighted by atomic mass is 79.9. The Balaban J connectivity index is 3.05. The lowest BCUT2D eigenvalue weighted by atomic mass is 10.1. The molecule has 1 amide bonds. The SMILES string of the molecule is CC(C)(N)C(=O)Nc1cc(Br)cc(C(F)(F)F)c1. The fourth-order valence-corrected chi connectivity index (χ4v) is 1.61. The molecule has 3 nitrogen and oxygen atoms in total. The zero-order chi connectivity index (χ0) is 14.1. The van der Waals surface area contributed by atoms with E-state index in [0.717, 1.165) is 12.1 Å². The van der Waals surface area contributed by atoms with Crippen LogP contribution in [0.4, 0.5) is 18.9 Å². The van der Waals surface area contributed by atoms with Crippen molar-refractivity contribution in [2.75, 3.05) is 5.32 Å². The third kappa shape index (κ3) is 3.99. The molecule has 0 unspecified atom stereocenters. The van der Waals surface area contributed by atoms with E-state index in [9.17, 15) is 18.0 Å². The maximum absolute atomic E-state index is 12.6. The first kappa shape index (κ1) is 15.0. The average Bonchev–Trinajstić information content (AvgIpc) is 2.13. The molecule has 1 aromatic rings. The van der Waals surface area contributed by atoms with Gasteiger partial charge in [0.15, 0.2) is 0 Å². The topological polar surface area (TPSA) is 55.1 Å². The number of rotatable bonds is 2. The number of hydrogen-bond acceptors (Lipinski definition) is 2. The molecular formula is C11H12BrF3N2O. The van der Waals surface area contributed by atoms with Crippen LogP contribution in [0.15, 0.2) is 22.7 Å². The molecule has 0 radical (unpaired) electrons. The molecule has 7 heteroatoms. The van der Waals surface area contributed by atoms with Gasteiger partial charge in [-0.1, -0.05) is 15.9 Å². The van der Waals surface area contributed by atoms with Crippen LogP contribution in [0.5, 0.6) is 0 Å². The highest BCUT2D eigenvalue weighted by Crippen LogP contribution is 2.33. The van der Waals surface area contributed by atoms with Gasteiger partial charge in [-0.15, -0.1) is 0 Å². The molecular weight excluding hydrogens is 313 g/mol. The van der Waals surface area contributed by atoms with Crippen molar-refractivity contribution in [2.45, 2.75) is 25.6 Å². The van der Waals surface area contributed by atoms with E-state index >= 15 is 0 Å². The molecule has 0 bridgehead atoms. The van der Waals surface area contributed by atoms with Crippen molar-refractivity contribution in [1.82, 2.24) is 0 Å². The standard InChI is InChI=1S/C11H12BrF3N2O/c1-10(2,16)9(18)17-8-4-6(11(13,14)15)3-7(12)5-8/h3-5H,16H2,1-2H3,(H,17,18). The molecule has 0 saturated heterocycles. The lowest BCUT2D eigenvalue weighted by Crippen LogP contribution is -2.45. The third-order valence-corrected chi connectivity index (χ3v) is 2.53. The number of amides is 1. The summed E-state index contributed by atoms with van der Waals surface area (Å²) in [4.78, 5) is 11.6. The molecule has 0 aliphatic carbocycles. The Morgan fingerprint density at radius 3 is 2.28 bits per heavy atom. The quantitative estimate of drug-likeness (QED) is 0.878. The molecule has 100 valence electrons. The van der Waals surface area contributed by atoms with Gasteiger partial charge in [-0.25, -0.2) is 0 Å². The van der Waals surface area contributed by atoms with E-state index in [1.807, 2.05) is 0 Å². The Kier molecular flexibility index (Phi) is 4.07. The van der Waals surface area contributed by atoms with Crippen molar-refractivity contribution in [2.24, 2.45) is 5.73 Å². The maximum Gasteiger partial charge on any atom is 0.416 e. The van der Waals surface area contributed by atoms with Crippen LogP contribution in [0.1, 0.15) is 19.4 Å². The zero-order valence-corrected chi connectivity index (χ0v) is 11.3. The zero-order valence-electron chi connectivity index (χ0n) is 9.73. The van der Waals surface area contributed by atoms with Gasteiger partial charge < -0.3 is 11.1 Å². The molecule has 1 rings (SSSR count). The van der Waals surface area contributed by atoms with E-state index in [4.69, 9.17) is 5.73 Å². The van der Waals surface area contributed by atoms with Crippen LogP contribution >= 0.6 is 15.9 Å². The normalized spacial score (nSPS) is 12.4. The fraction of sp³-hybridized carbons (Fsp3) is 0.364. The number of carbonyl (C=O) groups is 1. The second kappa shape index (κ2) is 4.89. The number of halogens is 4. The van der Waals surface area contributed by atoms with Gasteiger partial charge in [0, 0.05) is 10.2 Å². The van der Waals surface area contributed by atoms with Gasteiger partial charge in [-0.2, -0.15) is 13.2 Å². The highest BCUT2D eigenvalue weighted by Gasteiger charge is 2.31. The molecule has 0 fully saturated rings. The van der Waals surface area contributed by atoms with Crippen molar-refractivity contribution < 1.29 is 18.0 Å². The Morgan fingerprint density at radius 2 is 1.83 bits per heavy atom. The number of anilines is 1. The van der Waals surface area contributed by atoms with Gasteiger partial charge in [-0.3, -0.25) is 4.79 Å². The summed E-state index contributed by atoms with van der Waals surface area (Å²) < 4.78 is 37.9. The second-order valence-corrected chi connectivity index (χ2v) is 5.32.